The number of nitrogens with zero attached hydrogens (tertiary/aromatic N) is 2. The molecule has 1 fully saturated rings. The Kier molecular flexibility index (Phi) is 5.53. The maximum absolute atomic E-state index is 12.6. The molecule has 1 saturated heterocycles. The Morgan fingerprint density at radius 2 is 2.04 bits per heavy atom. The van der Waals surface area contributed by atoms with E-state index in [4.69, 9.17) is 0 Å². The SMILES string of the molecule is C=CC(=O)N1CCCc2cc(C(=O)NC3CCN(CC)CC3)ccc21. The Bertz CT molecular complexity index is 663. The van der Waals surface area contributed by atoms with E-state index in [0.717, 1.165) is 56.6 Å². The predicted octanol–water partition coefficient (Wildman–Crippen LogP) is 2.37. The molecule has 0 aromatic heterocycles. The van der Waals surface area contributed by atoms with Gasteiger partial charge in [-0.15, -0.1) is 0 Å². The Labute approximate surface area is 149 Å². The molecular formula is C20H27N3O2. The molecule has 0 aliphatic carbocycles. The van der Waals surface area contributed by atoms with Crippen LogP contribution in [0.3, 0.4) is 0 Å². The number of aryl methyl sites for hydroxylation is 1. The number of carbonyl (C=O) groups is 2. The summed E-state index contributed by atoms with van der Waals surface area (Å²) in [6, 6.07) is 5.91. The van der Waals surface area contributed by atoms with Crippen molar-refractivity contribution in [2.24, 2.45) is 0 Å². The lowest BCUT2D eigenvalue weighted by atomic mass is 9.98. The minimum atomic E-state index is -0.0826. The first kappa shape index (κ1) is 17.7. The number of rotatable bonds is 4. The van der Waals surface area contributed by atoms with Crippen molar-refractivity contribution in [1.29, 1.82) is 0 Å². The average Bonchev–Trinajstić information content (AvgIpc) is 2.67. The molecule has 0 spiro atoms. The van der Waals surface area contributed by atoms with E-state index in [1.807, 2.05) is 18.2 Å². The van der Waals surface area contributed by atoms with E-state index in [1.165, 1.54) is 6.08 Å². The molecule has 1 N–H and O–H groups in total. The molecule has 0 unspecified atom stereocenters. The lowest BCUT2D eigenvalue weighted by Crippen LogP contribution is -2.44. The van der Waals surface area contributed by atoms with Crippen molar-refractivity contribution < 1.29 is 9.59 Å². The minimum Gasteiger partial charge on any atom is -0.349 e. The number of fused-ring (bicyclic) bond motifs is 1. The molecule has 2 aliphatic heterocycles. The van der Waals surface area contributed by atoms with Gasteiger partial charge in [-0.1, -0.05) is 13.5 Å². The van der Waals surface area contributed by atoms with Crippen LogP contribution in [0.5, 0.6) is 0 Å². The molecule has 1 aromatic carbocycles. The van der Waals surface area contributed by atoms with Crippen LogP contribution >= 0.6 is 0 Å². The molecule has 2 amide bonds. The Hall–Kier alpha value is -2.14. The van der Waals surface area contributed by atoms with Gasteiger partial charge in [-0.2, -0.15) is 0 Å². The van der Waals surface area contributed by atoms with Crippen LogP contribution in [0.1, 0.15) is 42.1 Å². The van der Waals surface area contributed by atoms with Gasteiger partial charge in [-0.25, -0.2) is 0 Å². The highest BCUT2D eigenvalue weighted by molar-refractivity contribution is 6.02. The van der Waals surface area contributed by atoms with E-state index >= 15 is 0 Å². The van der Waals surface area contributed by atoms with Crippen molar-refractivity contribution in [1.82, 2.24) is 10.2 Å². The van der Waals surface area contributed by atoms with Gasteiger partial charge in [0, 0.05) is 36.9 Å². The number of hydrogen-bond donors (Lipinski definition) is 1. The molecular weight excluding hydrogens is 314 g/mol. The maximum Gasteiger partial charge on any atom is 0.251 e. The van der Waals surface area contributed by atoms with Crippen molar-refractivity contribution in [3.8, 4) is 0 Å². The summed E-state index contributed by atoms with van der Waals surface area (Å²) < 4.78 is 0. The van der Waals surface area contributed by atoms with Crippen LogP contribution in [0.4, 0.5) is 5.69 Å². The first-order chi connectivity index (χ1) is 12.1. The highest BCUT2D eigenvalue weighted by Gasteiger charge is 2.23. The fraction of sp³-hybridized carbons (Fsp3) is 0.500. The predicted molar refractivity (Wildman–Crippen MR) is 99.9 cm³/mol. The molecule has 25 heavy (non-hydrogen) atoms. The summed E-state index contributed by atoms with van der Waals surface area (Å²) in [5.74, 6) is -0.0919. The first-order valence-corrected chi connectivity index (χ1v) is 9.22. The third-order valence-electron chi connectivity index (χ3n) is 5.27. The molecule has 5 nitrogen and oxygen atoms in total. The van der Waals surface area contributed by atoms with Gasteiger partial charge < -0.3 is 15.1 Å². The van der Waals surface area contributed by atoms with Crippen molar-refractivity contribution >= 4 is 17.5 Å². The monoisotopic (exact) mass is 341 g/mol. The lowest BCUT2D eigenvalue weighted by molar-refractivity contribution is -0.114. The van der Waals surface area contributed by atoms with Crippen molar-refractivity contribution in [3.63, 3.8) is 0 Å². The van der Waals surface area contributed by atoms with E-state index < -0.39 is 0 Å². The zero-order valence-corrected chi connectivity index (χ0v) is 15.0. The molecule has 3 rings (SSSR count). The van der Waals surface area contributed by atoms with E-state index in [9.17, 15) is 9.59 Å². The van der Waals surface area contributed by atoms with Crippen LogP contribution in [-0.4, -0.2) is 48.9 Å². The molecule has 2 aliphatic rings. The Balaban J connectivity index is 1.68. The number of benzene rings is 1. The zero-order chi connectivity index (χ0) is 17.8. The smallest absolute Gasteiger partial charge is 0.251 e. The second-order valence-corrected chi connectivity index (χ2v) is 6.82. The summed E-state index contributed by atoms with van der Waals surface area (Å²) in [4.78, 5) is 28.7. The molecule has 134 valence electrons. The topological polar surface area (TPSA) is 52.7 Å². The molecule has 0 radical (unpaired) electrons. The van der Waals surface area contributed by atoms with Crippen LogP contribution in [0.15, 0.2) is 30.9 Å². The fourth-order valence-electron chi connectivity index (χ4n) is 3.74. The van der Waals surface area contributed by atoms with Gasteiger partial charge in [0.05, 0.1) is 0 Å². The number of carbonyl (C=O) groups excluding carboxylic acids is 2. The number of likely N-dealkylation sites (tertiary alicyclic amines) is 1. The van der Waals surface area contributed by atoms with E-state index in [0.29, 0.717) is 12.1 Å². The Morgan fingerprint density at radius 1 is 1.28 bits per heavy atom. The van der Waals surface area contributed by atoms with E-state index in [2.05, 4.69) is 23.7 Å². The largest absolute Gasteiger partial charge is 0.349 e. The molecule has 1 aromatic rings. The second-order valence-electron chi connectivity index (χ2n) is 6.82. The van der Waals surface area contributed by atoms with Gasteiger partial charge >= 0.3 is 0 Å². The molecule has 0 saturated carbocycles. The lowest BCUT2D eigenvalue weighted by Gasteiger charge is -2.31. The first-order valence-electron chi connectivity index (χ1n) is 9.22. The quantitative estimate of drug-likeness (QED) is 0.856. The fourth-order valence-corrected chi connectivity index (χ4v) is 3.74. The van der Waals surface area contributed by atoms with Crippen molar-refractivity contribution in [2.75, 3.05) is 31.1 Å². The van der Waals surface area contributed by atoms with Gasteiger partial charge in [0.25, 0.3) is 5.91 Å². The Morgan fingerprint density at radius 3 is 2.72 bits per heavy atom. The number of piperidine rings is 1. The summed E-state index contributed by atoms with van der Waals surface area (Å²) in [5, 5.41) is 3.17. The molecule has 2 heterocycles. The summed E-state index contributed by atoms with van der Waals surface area (Å²) in [6.07, 6.45) is 5.16. The maximum atomic E-state index is 12.6. The van der Waals surface area contributed by atoms with Crippen molar-refractivity contribution in [3.05, 3.63) is 42.0 Å². The number of nitrogens with one attached hydrogen (secondary N) is 1. The van der Waals surface area contributed by atoms with Crippen LogP contribution in [0.2, 0.25) is 0 Å². The van der Waals surface area contributed by atoms with E-state index in [1.54, 1.807) is 4.90 Å². The molecule has 0 bridgehead atoms. The van der Waals surface area contributed by atoms with Crippen LogP contribution in [0.25, 0.3) is 0 Å². The minimum absolute atomic E-state index is 0.00933. The van der Waals surface area contributed by atoms with Gasteiger partial charge in [0.2, 0.25) is 5.91 Å². The normalized spacial score (nSPS) is 18.5. The number of amides is 2. The summed E-state index contributed by atoms with van der Waals surface area (Å²) in [7, 11) is 0. The van der Waals surface area contributed by atoms with E-state index in [-0.39, 0.29) is 17.9 Å². The van der Waals surface area contributed by atoms with Gasteiger partial charge in [-0.3, -0.25) is 9.59 Å². The highest BCUT2D eigenvalue weighted by atomic mass is 16.2. The highest BCUT2D eigenvalue weighted by Crippen LogP contribution is 2.28. The van der Waals surface area contributed by atoms with Gasteiger partial charge in [0.15, 0.2) is 0 Å². The number of anilines is 1. The zero-order valence-electron chi connectivity index (χ0n) is 15.0. The average molecular weight is 341 g/mol. The van der Waals surface area contributed by atoms with Gasteiger partial charge in [-0.05, 0) is 62.1 Å². The van der Waals surface area contributed by atoms with Crippen LogP contribution < -0.4 is 10.2 Å². The summed E-state index contributed by atoms with van der Waals surface area (Å²) in [5.41, 5.74) is 2.66. The summed E-state index contributed by atoms with van der Waals surface area (Å²) in [6.45, 7) is 9.62. The van der Waals surface area contributed by atoms with Crippen LogP contribution in [0, 0.1) is 0 Å². The third-order valence-corrected chi connectivity index (χ3v) is 5.27. The van der Waals surface area contributed by atoms with Gasteiger partial charge in [0.1, 0.15) is 0 Å². The third kappa shape index (κ3) is 3.93. The summed E-state index contributed by atoms with van der Waals surface area (Å²) >= 11 is 0. The standard InChI is InChI=1S/C20H27N3O2/c1-3-19(24)23-11-5-6-15-14-16(7-8-18(15)23)20(25)21-17-9-12-22(4-2)13-10-17/h3,7-8,14,17H,1,4-6,9-13H2,2H3,(H,21,25). The second kappa shape index (κ2) is 7.83. The molecule has 0 atom stereocenters. The van der Waals surface area contributed by atoms with Crippen LogP contribution in [-0.2, 0) is 11.2 Å². The number of hydrogen-bond acceptors (Lipinski definition) is 3. The van der Waals surface area contributed by atoms with Crippen molar-refractivity contribution in [2.45, 2.75) is 38.6 Å². The molecule has 5 heteroatoms.